The van der Waals surface area contributed by atoms with Crippen LogP contribution >= 0.6 is 0 Å². The van der Waals surface area contributed by atoms with Crippen molar-refractivity contribution in [3.63, 3.8) is 0 Å². The molecule has 0 aliphatic carbocycles. The van der Waals surface area contributed by atoms with Crippen LogP contribution in [0.3, 0.4) is 0 Å². The topological polar surface area (TPSA) is 15.3 Å². The number of hydrogen-bond acceptors (Lipinski definition) is 2. The van der Waals surface area contributed by atoms with Gasteiger partial charge in [-0.25, -0.2) is 0 Å². The molecule has 0 radical (unpaired) electrons. The maximum absolute atomic E-state index is 5.23. The smallest absolute Gasteiger partial charge is 0.0214 e. The SMILES string of the molecule is C#CCCN1CCC(CNC)CC1. The maximum Gasteiger partial charge on any atom is 0.0214 e. The molecule has 0 bridgehead atoms. The molecule has 2 heteroatoms. The van der Waals surface area contributed by atoms with E-state index in [0.717, 1.165) is 18.9 Å². The Balaban J connectivity index is 2.12. The fourth-order valence-electron chi connectivity index (χ4n) is 1.93. The van der Waals surface area contributed by atoms with Crippen LogP contribution in [0.1, 0.15) is 19.3 Å². The number of rotatable bonds is 4. The summed E-state index contributed by atoms with van der Waals surface area (Å²) in [5, 5.41) is 3.24. The maximum atomic E-state index is 5.23. The second-order valence-electron chi connectivity index (χ2n) is 3.80. The summed E-state index contributed by atoms with van der Waals surface area (Å²) in [4.78, 5) is 2.48. The Kier molecular flexibility index (Phi) is 4.88. The number of hydrogen-bond donors (Lipinski definition) is 1. The Morgan fingerprint density at radius 2 is 2.15 bits per heavy atom. The van der Waals surface area contributed by atoms with Gasteiger partial charge < -0.3 is 10.2 Å². The van der Waals surface area contributed by atoms with Crippen molar-refractivity contribution in [2.45, 2.75) is 19.3 Å². The van der Waals surface area contributed by atoms with Gasteiger partial charge in [0.1, 0.15) is 0 Å². The largest absolute Gasteiger partial charge is 0.319 e. The van der Waals surface area contributed by atoms with E-state index in [2.05, 4.69) is 16.1 Å². The summed E-state index contributed by atoms with van der Waals surface area (Å²) in [7, 11) is 2.03. The Morgan fingerprint density at radius 1 is 1.46 bits per heavy atom. The van der Waals surface area contributed by atoms with E-state index in [-0.39, 0.29) is 0 Å². The fourth-order valence-corrected chi connectivity index (χ4v) is 1.93. The molecule has 13 heavy (non-hydrogen) atoms. The second-order valence-corrected chi connectivity index (χ2v) is 3.80. The fraction of sp³-hybridized carbons (Fsp3) is 0.818. The highest BCUT2D eigenvalue weighted by Gasteiger charge is 2.17. The average Bonchev–Trinajstić information content (AvgIpc) is 2.17. The van der Waals surface area contributed by atoms with Crippen molar-refractivity contribution >= 4 is 0 Å². The molecule has 1 heterocycles. The molecule has 0 amide bonds. The molecular weight excluding hydrogens is 160 g/mol. The van der Waals surface area contributed by atoms with Crippen molar-refractivity contribution in [3.05, 3.63) is 0 Å². The van der Waals surface area contributed by atoms with Crippen LogP contribution in [0.4, 0.5) is 0 Å². The number of nitrogens with one attached hydrogen (secondary N) is 1. The lowest BCUT2D eigenvalue weighted by Gasteiger charge is -2.31. The molecule has 1 N–H and O–H groups in total. The molecule has 2 nitrogen and oxygen atoms in total. The van der Waals surface area contributed by atoms with Gasteiger partial charge in [0.25, 0.3) is 0 Å². The summed E-state index contributed by atoms with van der Waals surface area (Å²) in [6.07, 6.45) is 8.78. The summed E-state index contributed by atoms with van der Waals surface area (Å²) < 4.78 is 0. The van der Waals surface area contributed by atoms with Crippen LogP contribution in [-0.4, -0.2) is 38.1 Å². The van der Waals surface area contributed by atoms with Crippen molar-refractivity contribution in [3.8, 4) is 12.3 Å². The molecule has 1 aliphatic heterocycles. The van der Waals surface area contributed by atoms with Gasteiger partial charge >= 0.3 is 0 Å². The lowest BCUT2D eigenvalue weighted by Crippen LogP contribution is -2.37. The van der Waals surface area contributed by atoms with Gasteiger partial charge in [-0.05, 0) is 45.4 Å². The average molecular weight is 180 g/mol. The van der Waals surface area contributed by atoms with Gasteiger partial charge in [-0.3, -0.25) is 0 Å². The van der Waals surface area contributed by atoms with E-state index in [9.17, 15) is 0 Å². The molecule has 0 atom stereocenters. The summed E-state index contributed by atoms with van der Waals surface area (Å²) in [6.45, 7) is 4.72. The van der Waals surface area contributed by atoms with Crippen molar-refractivity contribution in [2.75, 3.05) is 33.2 Å². The molecule has 1 rings (SSSR count). The van der Waals surface area contributed by atoms with E-state index in [4.69, 9.17) is 6.42 Å². The number of likely N-dealkylation sites (tertiary alicyclic amines) is 1. The third kappa shape index (κ3) is 3.80. The zero-order valence-electron chi connectivity index (χ0n) is 8.55. The number of nitrogens with zero attached hydrogens (tertiary/aromatic N) is 1. The van der Waals surface area contributed by atoms with Gasteiger partial charge in [0.05, 0.1) is 0 Å². The first kappa shape index (κ1) is 10.6. The predicted molar refractivity (Wildman–Crippen MR) is 56.5 cm³/mol. The molecule has 74 valence electrons. The van der Waals surface area contributed by atoms with Crippen LogP contribution < -0.4 is 5.32 Å². The number of terminal acetylenes is 1. The molecule has 0 aromatic rings. The highest BCUT2D eigenvalue weighted by molar-refractivity contribution is 4.85. The van der Waals surface area contributed by atoms with Crippen LogP contribution in [0.2, 0.25) is 0 Å². The first-order valence-electron chi connectivity index (χ1n) is 5.17. The first-order chi connectivity index (χ1) is 6.36. The minimum atomic E-state index is 0.882. The molecule has 0 aromatic heterocycles. The highest BCUT2D eigenvalue weighted by Crippen LogP contribution is 2.15. The van der Waals surface area contributed by atoms with Gasteiger partial charge in [-0.2, -0.15) is 0 Å². The number of piperidine rings is 1. The standard InChI is InChI=1S/C11H20N2/c1-3-4-7-13-8-5-11(6-9-13)10-12-2/h1,11-12H,4-10H2,2H3. The quantitative estimate of drug-likeness (QED) is 0.648. The Hall–Kier alpha value is -0.520. The van der Waals surface area contributed by atoms with E-state index in [0.29, 0.717) is 0 Å². The predicted octanol–water partition coefficient (Wildman–Crippen LogP) is 0.941. The molecule has 0 aromatic carbocycles. The Morgan fingerprint density at radius 3 is 2.69 bits per heavy atom. The van der Waals surface area contributed by atoms with Crippen LogP contribution in [0.25, 0.3) is 0 Å². The molecular formula is C11H20N2. The summed E-state index contributed by atoms with van der Waals surface area (Å²) >= 11 is 0. The van der Waals surface area contributed by atoms with Crippen LogP contribution in [0, 0.1) is 18.3 Å². The normalized spacial score (nSPS) is 20.0. The summed E-state index contributed by atoms with van der Waals surface area (Å²) in [5.41, 5.74) is 0. The van der Waals surface area contributed by atoms with Crippen molar-refractivity contribution < 1.29 is 0 Å². The zero-order valence-corrected chi connectivity index (χ0v) is 8.55. The van der Waals surface area contributed by atoms with Crippen molar-refractivity contribution in [1.29, 1.82) is 0 Å². The highest BCUT2D eigenvalue weighted by atomic mass is 15.1. The molecule has 1 fully saturated rings. The lowest BCUT2D eigenvalue weighted by molar-refractivity contribution is 0.187. The van der Waals surface area contributed by atoms with E-state index in [1.807, 2.05) is 7.05 Å². The first-order valence-corrected chi connectivity index (χ1v) is 5.17. The minimum Gasteiger partial charge on any atom is -0.319 e. The molecule has 0 unspecified atom stereocenters. The van der Waals surface area contributed by atoms with E-state index in [1.165, 1.54) is 32.5 Å². The van der Waals surface area contributed by atoms with E-state index in [1.54, 1.807) is 0 Å². The van der Waals surface area contributed by atoms with Crippen LogP contribution in [-0.2, 0) is 0 Å². The van der Waals surface area contributed by atoms with E-state index >= 15 is 0 Å². The Labute approximate surface area is 81.7 Å². The van der Waals surface area contributed by atoms with Crippen LogP contribution in [0.15, 0.2) is 0 Å². The molecule has 1 saturated heterocycles. The van der Waals surface area contributed by atoms with E-state index < -0.39 is 0 Å². The third-order valence-corrected chi connectivity index (χ3v) is 2.77. The molecule has 0 spiro atoms. The van der Waals surface area contributed by atoms with Crippen LogP contribution in [0.5, 0.6) is 0 Å². The summed E-state index contributed by atoms with van der Waals surface area (Å²) in [6, 6.07) is 0. The zero-order chi connectivity index (χ0) is 9.52. The second kappa shape index (κ2) is 6.01. The third-order valence-electron chi connectivity index (χ3n) is 2.77. The van der Waals surface area contributed by atoms with Gasteiger partial charge in [-0.15, -0.1) is 12.3 Å². The minimum absolute atomic E-state index is 0.882. The molecule has 1 aliphatic rings. The molecule has 0 saturated carbocycles. The van der Waals surface area contributed by atoms with Gasteiger partial charge in [0.15, 0.2) is 0 Å². The lowest BCUT2D eigenvalue weighted by atomic mass is 9.97. The summed E-state index contributed by atoms with van der Waals surface area (Å²) in [5.74, 6) is 3.58. The van der Waals surface area contributed by atoms with Crippen molar-refractivity contribution in [2.24, 2.45) is 5.92 Å². The van der Waals surface area contributed by atoms with Gasteiger partial charge in [0, 0.05) is 13.0 Å². The monoisotopic (exact) mass is 180 g/mol. The van der Waals surface area contributed by atoms with Gasteiger partial charge in [0.2, 0.25) is 0 Å². The Bertz CT molecular complexity index is 163. The van der Waals surface area contributed by atoms with Gasteiger partial charge in [-0.1, -0.05) is 0 Å². The van der Waals surface area contributed by atoms with Crippen molar-refractivity contribution in [1.82, 2.24) is 10.2 Å².